The van der Waals surface area contributed by atoms with Crippen LogP contribution < -0.4 is 10.5 Å². The molecule has 0 saturated heterocycles. The van der Waals surface area contributed by atoms with Crippen LogP contribution in [-0.4, -0.2) is 7.11 Å². The number of benzene rings is 2. The van der Waals surface area contributed by atoms with E-state index in [-0.39, 0.29) is 6.04 Å². The van der Waals surface area contributed by atoms with Gasteiger partial charge in [0.25, 0.3) is 0 Å². The van der Waals surface area contributed by atoms with Crippen LogP contribution in [0.2, 0.25) is 5.02 Å². The van der Waals surface area contributed by atoms with E-state index in [1.54, 1.807) is 7.11 Å². The molecule has 2 aromatic carbocycles. The molecule has 0 amide bonds. The van der Waals surface area contributed by atoms with Crippen molar-refractivity contribution in [1.82, 2.24) is 0 Å². The molecule has 0 aliphatic heterocycles. The van der Waals surface area contributed by atoms with Crippen LogP contribution >= 0.6 is 11.6 Å². The van der Waals surface area contributed by atoms with E-state index in [2.05, 4.69) is 0 Å². The first-order valence-electron chi connectivity index (χ1n) is 5.77. The number of methoxy groups -OCH3 is 1. The predicted molar refractivity (Wildman–Crippen MR) is 75.2 cm³/mol. The highest BCUT2D eigenvalue weighted by Gasteiger charge is 2.10. The summed E-state index contributed by atoms with van der Waals surface area (Å²) in [4.78, 5) is 0. The molecule has 0 aliphatic carbocycles. The number of rotatable bonds is 3. The minimum Gasteiger partial charge on any atom is -0.497 e. The van der Waals surface area contributed by atoms with Gasteiger partial charge in [0.2, 0.25) is 0 Å². The van der Waals surface area contributed by atoms with Crippen LogP contribution in [0.25, 0.3) is 0 Å². The summed E-state index contributed by atoms with van der Waals surface area (Å²) >= 11 is 6.01. The van der Waals surface area contributed by atoms with Crippen LogP contribution in [0.4, 0.5) is 0 Å². The zero-order chi connectivity index (χ0) is 13.1. The Hall–Kier alpha value is -1.51. The maximum Gasteiger partial charge on any atom is 0.118 e. The summed E-state index contributed by atoms with van der Waals surface area (Å²) in [5.41, 5.74) is 9.39. The topological polar surface area (TPSA) is 35.2 Å². The first-order valence-corrected chi connectivity index (χ1v) is 6.15. The second-order valence-electron chi connectivity index (χ2n) is 4.26. The lowest BCUT2D eigenvalue weighted by Crippen LogP contribution is -2.11. The number of aryl methyl sites for hydroxylation is 1. The average Bonchev–Trinajstić information content (AvgIpc) is 2.41. The van der Waals surface area contributed by atoms with Crippen molar-refractivity contribution in [3.8, 4) is 5.75 Å². The molecule has 0 bridgehead atoms. The van der Waals surface area contributed by atoms with Gasteiger partial charge in [-0.15, -0.1) is 0 Å². The molecule has 94 valence electrons. The first kappa shape index (κ1) is 12.9. The quantitative estimate of drug-likeness (QED) is 0.914. The van der Waals surface area contributed by atoms with Gasteiger partial charge in [-0.2, -0.15) is 0 Å². The lowest BCUT2D eigenvalue weighted by molar-refractivity contribution is 0.414. The molecule has 2 rings (SSSR count). The van der Waals surface area contributed by atoms with Crippen molar-refractivity contribution in [2.45, 2.75) is 13.0 Å². The Morgan fingerprint density at radius 3 is 2.22 bits per heavy atom. The fourth-order valence-corrected chi connectivity index (χ4v) is 1.98. The lowest BCUT2D eigenvalue weighted by Gasteiger charge is -2.14. The van der Waals surface area contributed by atoms with Gasteiger partial charge in [-0.25, -0.2) is 0 Å². The molecule has 0 heterocycles. The van der Waals surface area contributed by atoms with Crippen LogP contribution in [0, 0.1) is 6.92 Å². The summed E-state index contributed by atoms with van der Waals surface area (Å²) in [6.07, 6.45) is 0. The normalized spacial score (nSPS) is 12.2. The minimum atomic E-state index is -0.146. The summed E-state index contributed by atoms with van der Waals surface area (Å²) in [6, 6.07) is 13.5. The molecule has 0 aliphatic rings. The Kier molecular flexibility index (Phi) is 3.90. The molecule has 0 spiro atoms. The molecule has 2 N–H and O–H groups in total. The Morgan fingerprint density at radius 2 is 1.67 bits per heavy atom. The molecule has 0 radical (unpaired) electrons. The Labute approximate surface area is 112 Å². The maximum atomic E-state index is 6.24. The zero-order valence-corrected chi connectivity index (χ0v) is 11.2. The van der Waals surface area contributed by atoms with Crippen molar-refractivity contribution in [2.24, 2.45) is 5.73 Å². The number of hydrogen-bond acceptors (Lipinski definition) is 2. The van der Waals surface area contributed by atoms with Crippen molar-refractivity contribution in [1.29, 1.82) is 0 Å². The molecular weight excluding hydrogens is 246 g/mol. The Bertz CT molecular complexity index is 537. The van der Waals surface area contributed by atoms with Crippen LogP contribution in [-0.2, 0) is 0 Å². The van der Waals surface area contributed by atoms with Crippen molar-refractivity contribution < 1.29 is 4.74 Å². The van der Waals surface area contributed by atoms with Gasteiger partial charge in [0, 0.05) is 5.02 Å². The highest BCUT2D eigenvalue weighted by Crippen LogP contribution is 2.25. The molecule has 0 saturated carbocycles. The predicted octanol–water partition coefficient (Wildman–Crippen LogP) is 3.71. The van der Waals surface area contributed by atoms with E-state index in [0.717, 1.165) is 27.5 Å². The summed E-state index contributed by atoms with van der Waals surface area (Å²) < 4.78 is 5.13. The molecule has 3 heteroatoms. The van der Waals surface area contributed by atoms with E-state index < -0.39 is 0 Å². The molecule has 0 fully saturated rings. The van der Waals surface area contributed by atoms with Gasteiger partial charge >= 0.3 is 0 Å². The number of nitrogens with two attached hydrogens (primary N) is 1. The fraction of sp³-hybridized carbons (Fsp3) is 0.200. The Balaban J connectivity index is 2.28. The summed E-state index contributed by atoms with van der Waals surface area (Å²) in [5.74, 6) is 0.832. The average molecular weight is 262 g/mol. The van der Waals surface area contributed by atoms with Gasteiger partial charge in [-0.3, -0.25) is 0 Å². The number of halogens is 1. The third-order valence-corrected chi connectivity index (χ3v) is 3.44. The van der Waals surface area contributed by atoms with Gasteiger partial charge in [-0.1, -0.05) is 35.9 Å². The third-order valence-electron chi connectivity index (χ3n) is 3.02. The fourth-order valence-electron chi connectivity index (χ4n) is 1.87. The molecule has 0 aromatic heterocycles. The van der Waals surface area contributed by atoms with Crippen LogP contribution in [0.3, 0.4) is 0 Å². The second-order valence-corrected chi connectivity index (χ2v) is 4.67. The van der Waals surface area contributed by atoms with Crippen molar-refractivity contribution in [3.63, 3.8) is 0 Å². The van der Waals surface area contributed by atoms with E-state index in [1.807, 2.05) is 49.4 Å². The van der Waals surface area contributed by atoms with E-state index in [0.29, 0.717) is 0 Å². The van der Waals surface area contributed by atoms with Gasteiger partial charge in [0.05, 0.1) is 13.2 Å². The molecule has 2 aromatic rings. The van der Waals surface area contributed by atoms with Gasteiger partial charge < -0.3 is 10.5 Å². The number of hydrogen-bond donors (Lipinski definition) is 1. The SMILES string of the molecule is COc1ccc(C(N)c2ccc(Cl)c(C)c2)cc1. The summed E-state index contributed by atoms with van der Waals surface area (Å²) in [7, 11) is 1.65. The van der Waals surface area contributed by atoms with Gasteiger partial charge in [0.1, 0.15) is 5.75 Å². The van der Waals surface area contributed by atoms with Crippen molar-refractivity contribution >= 4 is 11.6 Å². The highest BCUT2D eigenvalue weighted by molar-refractivity contribution is 6.31. The highest BCUT2D eigenvalue weighted by atomic mass is 35.5. The molecule has 18 heavy (non-hydrogen) atoms. The second kappa shape index (κ2) is 5.42. The van der Waals surface area contributed by atoms with E-state index in [1.165, 1.54) is 0 Å². The van der Waals surface area contributed by atoms with Crippen molar-refractivity contribution in [3.05, 3.63) is 64.2 Å². The third kappa shape index (κ3) is 2.66. The maximum absolute atomic E-state index is 6.24. The number of ether oxygens (including phenoxy) is 1. The van der Waals surface area contributed by atoms with Crippen LogP contribution in [0.15, 0.2) is 42.5 Å². The standard InChI is InChI=1S/C15H16ClNO/c1-10-9-12(5-8-14(10)16)15(17)11-3-6-13(18-2)7-4-11/h3-9,15H,17H2,1-2H3. The molecule has 1 unspecified atom stereocenters. The smallest absolute Gasteiger partial charge is 0.118 e. The van der Waals surface area contributed by atoms with E-state index in [4.69, 9.17) is 22.1 Å². The largest absolute Gasteiger partial charge is 0.497 e. The summed E-state index contributed by atoms with van der Waals surface area (Å²) in [6.45, 7) is 1.98. The van der Waals surface area contributed by atoms with Crippen molar-refractivity contribution in [2.75, 3.05) is 7.11 Å². The summed E-state index contributed by atoms with van der Waals surface area (Å²) in [5, 5.41) is 0.765. The molecule has 1 atom stereocenters. The van der Waals surface area contributed by atoms with Crippen LogP contribution in [0.5, 0.6) is 5.75 Å². The van der Waals surface area contributed by atoms with Crippen LogP contribution in [0.1, 0.15) is 22.7 Å². The molecular formula is C15H16ClNO. The minimum absolute atomic E-state index is 0.146. The Morgan fingerprint density at radius 1 is 1.06 bits per heavy atom. The van der Waals surface area contributed by atoms with Gasteiger partial charge in [-0.05, 0) is 41.8 Å². The first-order chi connectivity index (χ1) is 8.61. The van der Waals surface area contributed by atoms with E-state index in [9.17, 15) is 0 Å². The monoisotopic (exact) mass is 261 g/mol. The lowest BCUT2D eigenvalue weighted by atomic mass is 9.98. The zero-order valence-electron chi connectivity index (χ0n) is 10.5. The van der Waals surface area contributed by atoms with E-state index >= 15 is 0 Å². The van der Waals surface area contributed by atoms with Gasteiger partial charge in [0.15, 0.2) is 0 Å². The molecule has 2 nitrogen and oxygen atoms in total.